The molecular formula is C15H28N2O. The number of rotatable bonds is 3. The summed E-state index contributed by atoms with van der Waals surface area (Å²) >= 11 is 0. The molecule has 3 nitrogen and oxygen atoms in total. The smallest absolute Gasteiger partial charge is 0.0603 e. The predicted molar refractivity (Wildman–Crippen MR) is 73.8 cm³/mol. The summed E-state index contributed by atoms with van der Waals surface area (Å²) in [6.07, 6.45) is 6.24. The number of likely N-dealkylation sites (tertiary alicyclic amines) is 2. The summed E-state index contributed by atoms with van der Waals surface area (Å²) in [5.41, 5.74) is 0.653. The van der Waals surface area contributed by atoms with Gasteiger partial charge in [-0.1, -0.05) is 0 Å². The van der Waals surface area contributed by atoms with Crippen LogP contribution in [0, 0.1) is 5.41 Å². The number of ether oxygens (including phenoxy) is 1. The van der Waals surface area contributed by atoms with E-state index < -0.39 is 0 Å². The normalized spacial score (nSPS) is 30.7. The average molecular weight is 252 g/mol. The van der Waals surface area contributed by atoms with Crippen molar-refractivity contribution in [1.29, 1.82) is 0 Å². The third kappa shape index (κ3) is 2.45. The maximum atomic E-state index is 6.26. The highest BCUT2D eigenvalue weighted by molar-refractivity contribution is 5.06. The Labute approximate surface area is 111 Å². The quantitative estimate of drug-likeness (QED) is 0.764. The van der Waals surface area contributed by atoms with Crippen molar-refractivity contribution >= 4 is 0 Å². The largest absolute Gasteiger partial charge is 0.375 e. The lowest BCUT2D eigenvalue weighted by atomic mass is 9.61. The van der Waals surface area contributed by atoms with Crippen LogP contribution in [0.3, 0.4) is 0 Å². The molecule has 104 valence electrons. The fourth-order valence-corrected chi connectivity index (χ4v) is 3.83. The minimum Gasteiger partial charge on any atom is -0.375 e. The van der Waals surface area contributed by atoms with Crippen LogP contribution in [-0.2, 0) is 4.74 Å². The molecule has 3 rings (SSSR count). The third-order valence-electron chi connectivity index (χ3n) is 5.18. The van der Waals surface area contributed by atoms with Gasteiger partial charge >= 0.3 is 0 Å². The zero-order chi connectivity index (χ0) is 12.8. The maximum absolute atomic E-state index is 6.26. The molecule has 3 aliphatic rings. The van der Waals surface area contributed by atoms with Gasteiger partial charge in [0, 0.05) is 37.6 Å². The molecule has 1 spiro atoms. The van der Waals surface area contributed by atoms with Gasteiger partial charge in [-0.15, -0.1) is 0 Å². The Kier molecular flexibility index (Phi) is 3.41. The van der Waals surface area contributed by atoms with E-state index in [9.17, 15) is 0 Å². The topological polar surface area (TPSA) is 15.7 Å². The molecule has 2 saturated heterocycles. The van der Waals surface area contributed by atoms with E-state index in [-0.39, 0.29) is 0 Å². The molecule has 3 heteroatoms. The molecule has 0 N–H and O–H groups in total. The van der Waals surface area contributed by atoms with Gasteiger partial charge in [0.05, 0.1) is 12.2 Å². The van der Waals surface area contributed by atoms with Crippen molar-refractivity contribution in [3.8, 4) is 0 Å². The first-order chi connectivity index (χ1) is 8.56. The molecule has 0 aromatic carbocycles. The second kappa shape index (κ2) is 4.77. The number of nitrogens with zero attached hydrogens (tertiary/aromatic N) is 2. The second-order valence-electron chi connectivity index (χ2n) is 7.17. The average Bonchev–Trinajstić information content (AvgIpc) is 2.21. The summed E-state index contributed by atoms with van der Waals surface area (Å²) in [6.45, 7) is 9.67. The molecular weight excluding hydrogens is 224 g/mol. The van der Waals surface area contributed by atoms with Crippen LogP contribution in [0.5, 0.6) is 0 Å². The zero-order valence-electron chi connectivity index (χ0n) is 12.2. The van der Waals surface area contributed by atoms with Crippen LogP contribution in [0.2, 0.25) is 0 Å². The number of piperidine rings is 1. The van der Waals surface area contributed by atoms with Gasteiger partial charge < -0.3 is 9.64 Å². The van der Waals surface area contributed by atoms with Crippen molar-refractivity contribution in [2.75, 3.05) is 33.2 Å². The number of hydrogen-bond donors (Lipinski definition) is 0. The molecule has 0 amide bonds. The van der Waals surface area contributed by atoms with E-state index in [1.807, 2.05) is 0 Å². The highest BCUT2D eigenvalue weighted by Crippen LogP contribution is 2.50. The van der Waals surface area contributed by atoms with Gasteiger partial charge in [-0.3, -0.25) is 4.90 Å². The minimum absolute atomic E-state index is 0.546. The molecule has 2 heterocycles. The van der Waals surface area contributed by atoms with Crippen LogP contribution in [0.1, 0.15) is 39.5 Å². The fraction of sp³-hybridized carbons (Fsp3) is 1.00. The van der Waals surface area contributed by atoms with Crippen LogP contribution in [0.4, 0.5) is 0 Å². The van der Waals surface area contributed by atoms with E-state index in [1.54, 1.807) is 0 Å². The van der Waals surface area contributed by atoms with Gasteiger partial charge in [-0.05, 0) is 46.6 Å². The number of hydrogen-bond acceptors (Lipinski definition) is 3. The van der Waals surface area contributed by atoms with Crippen molar-refractivity contribution in [2.24, 2.45) is 5.41 Å². The van der Waals surface area contributed by atoms with Crippen LogP contribution in [0.25, 0.3) is 0 Å². The zero-order valence-corrected chi connectivity index (χ0v) is 12.2. The Morgan fingerprint density at radius 3 is 2.22 bits per heavy atom. The lowest BCUT2D eigenvalue weighted by Crippen LogP contribution is -2.65. The highest BCUT2D eigenvalue weighted by Gasteiger charge is 2.53. The van der Waals surface area contributed by atoms with Crippen molar-refractivity contribution < 1.29 is 4.74 Å². The first-order valence-corrected chi connectivity index (χ1v) is 7.64. The minimum atomic E-state index is 0.546. The lowest BCUT2D eigenvalue weighted by molar-refractivity contribution is -0.179. The maximum Gasteiger partial charge on any atom is 0.0603 e. The van der Waals surface area contributed by atoms with Gasteiger partial charge in [0.2, 0.25) is 0 Å². The second-order valence-corrected chi connectivity index (χ2v) is 7.17. The van der Waals surface area contributed by atoms with Crippen molar-refractivity contribution in [2.45, 2.75) is 57.8 Å². The summed E-state index contributed by atoms with van der Waals surface area (Å²) in [7, 11) is 2.21. The van der Waals surface area contributed by atoms with E-state index in [1.165, 1.54) is 51.9 Å². The van der Waals surface area contributed by atoms with Gasteiger partial charge in [-0.25, -0.2) is 0 Å². The van der Waals surface area contributed by atoms with Gasteiger partial charge in [0.25, 0.3) is 0 Å². The molecule has 0 radical (unpaired) electrons. The molecule has 0 unspecified atom stereocenters. The first-order valence-electron chi connectivity index (χ1n) is 7.64. The fourth-order valence-electron chi connectivity index (χ4n) is 3.83. The summed E-state index contributed by atoms with van der Waals surface area (Å²) in [6, 6.07) is 0.726. The van der Waals surface area contributed by atoms with E-state index >= 15 is 0 Å². The Balaban J connectivity index is 1.36. The standard InChI is InChI=1S/C15H28N2O/c1-12(2)17-10-15(11-17)8-14(9-15)18-13-4-6-16(3)7-5-13/h12-14H,4-11H2,1-3H3. The Morgan fingerprint density at radius 1 is 1.06 bits per heavy atom. The third-order valence-corrected chi connectivity index (χ3v) is 5.18. The highest BCUT2D eigenvalue weighted by atomic mass is 16.5. The van der Waals surface area contributed by atoms with E-state index in [0.717, 1.165) is 6.04 Å². The van der Waals surface area contributed by atoms with Crippen LogP contribution in [-0.4, -0.2) is 61.3 Å². The summed E-state index contributed by atoms with van der Waals surface area (Å²) < 4.78 is 6.26. The van der Waals surface area contributed by atoms with Crippen LogP contribution < -0.4 is 0 Å². The van der Waals surface area contributed by atoms with Crippen LogP contribution in [0.15, 0.2) is 0 Å². The molecule has 3 fully saturated rings. The lowest BCUT2D eigenvalue weighted by Gasteiger charge is -2.60. The van der Waals surface area contributed by atoms with Gasteiger partial charge in [0.15, 0.2) is 0 Å². The Hall–Kier alpha value is -0.120. The monoisotopic (exact) mass is 252 g/mol. The molecule has 0 atom stereocenters. The molecule has 0 aromatic heterocycles. The molecule has 0 bridgehead atoms. The first kappa shape index (κ1) is 12.9. The van der Waals surface area contributed by atoms with E-state index in [4.69, 9.17) is 4.74 Å². The van der Waals surface area contributed by atoms with E-state index in [2.05, 4.69) is 30.7 Å². The predicted octanol–water partition coefficient (Wildman–Crippen LogP) is 1.97. The SMILES string of the molecule is CC(C)N1CC2(CC(OC3CCN(C)CC3)C2)C1. The van der Waals surface area contributed by atoms with Crippen molar-refractivity contribution in [1.82, 2.24) is 9.80 Å². The Bertz CT molecular complexity index is 283. The van der Waals surface area contributed by atoms with Crippen LogP contribution >= 0.6 is 0 Å². The molecule has 0 aromatic rings. The van der Waals surface area contributed by atoms with Gasteiger partial charge in [-0.2, -0.15) is 0 Å². The molecule has 18 heavy (non-hydrogen) atoms. The summed E-state index contributed by atoms with van der Waals surface area (Å²) in [4.78, 5) is 5.00. The molecule has 1 aliphatic carbocycles. The van der Waals surface area contributed by atoms with Crippen molar-refractivity contribution in [3.63, 3.8) is 0 Å². The Morgan fingerprint density at radius 2 is 1.67 bits per heavy atom. The van der Waals surface area contributed by atoms with E-state index in [0.29, 0.717) is 17.6 Å². The summed E-state index contributed by atoms with van der Waals surface area (Å²) in [5, 5.41) is 0. The molecule has 2 aliphatic heterocycles. The summed E-state index contributed by atoms with van der Waals surface area (Å²) in [5.74, 6) is 0. The van der Waals surface area contributed by atoms with Gasteiger partial charge in [0.1, 0.15) is 0 Å². The molecule has 1 saturated carbocycles. The van der Waals surface area contributed by atoms with Crippen molar-refractivity contribution in [3.05, 3.63) is 0 Å².